The molecule has 3 N–H and O–H groups in total. The first-order valence-corrected chi connectivity index (χ1v) is 7.36. The highest BCUT2D eigenvalue weighted by molar-refractivity contribution is 5.81. The molecule has 1 unspecified atom stereocenters. The Hall–Kier alpha value is -1.39. The maximum absolute atomic E-state index is 11.8. The smallest absolute Gasteiger partial charge is 0.237 e. The molecular formula is C16H27N3O. The number of benzene rings is 1. The number of carbonyl (C=O) groups is 1. The van der Waals surface area contributed by atoms with Crippen LogP contribution in [0.2, 0.25) is 0 Å². The molecule has 0 radical (unpaired) electrons. The van der Waals surface area contributed by atoms with Gasteiger partial charge in [-0.2, -0.15) is 0 Å². The SMILES string of the molecule is CCCC(N)C(=O)NCc1cccc(CN(C)CC)c1. The van der Waals surface area contributed by atoms with Gasteiger partial charge < -0.3 is 16.0 Å². The predicted octanol–water partition coefficient (Wildman–Crippen LogP) is 1.88. The Balaban J connectivity index is 2.52. The van der Waals surface area contributed by atoms with E-state index in [4.69, 9.17) is 5.73 Å². The number of amides is 1. The van der Waals surface area contributed by atoms with Crippen LogP contribution in [0.4, 0.5) is 0 Å². The highest BCUT2D eigenvalue weighted by Crippen LogP contribution is 2.07. The summed E-state index contributed by atoms with van der Waals surface area (Å²) in [6, 6.07) is 7.92. The van der Waals surface area contributed by atoms with E-state index in [9.17, 15) is 4.79 Å². The first-order valence-electron chi connectivity index (χ1n) is 7.36. The van der Waals surface area contributed by atoms with E-state index in [-0.39, 0.29) is 5.91 Å². The lowest BCUT2D eigenvalue weighted by molar-refractivity contribution is -0.122. The number of rotatable bonds is 8. The molecule has 20 heavy (non-hydrogen) atoms. The molecule has 0 saturated carbocycles. The molecule has 1 aromatic carbocycles. The van der Waals surface area contributed by atoms with Crippen molar-refractivity contribution in [1.29, 1.82) is 0 Å². The van der Waals surface area contributed by atoms with Crippen molar-refractivity contribution in [3.63, 3.8) is 0 Å². The van der Waals surface area contributed by atoms with Crippen LogP contribution in [0.5, 0.6) is 0 Å². The summed E-state index contributed by atoms with van der Waals surface area (Å²) < 4.78 is 0. The monoisotopic (exact) mass is 277 g/mol. The van der Waals surface area contributed by atoms with E-state index < -0.39 is 6.04 Å². The van der Waals surface area contributed by atoms with Crippen LogP contribution in [0.1, 0.15) is 37.8 Å². The molecule has 1 aromatic rings. The van der Waals surface area contributed by atoms with Gasteiger partial charge in [0.15, 0.2) is 0 Å². The molecule has 4 heteroatoms. The zero-order chi connectivity index (χ0) is 15.0. The standard InChI is InChI=1S/C16H27N3O/c1-4-7-15(17)16(20)18-11-13-8-6-9-14(10-13)12-19(3)5-2/h6,8-10,15H,4-5,7,11-12,17H2,1-3H3,(H,18,20). The van der Waals surface area contributed by atoms with Crippen molar-refractivity contribution in [2.75, 3.05) is 13.6 Å². The van der Waals surface area contributed by atoms with Gasteiger partial charge in [0.05, 0.1) is 6.04 Å². The zero-order valence-corrected chi connectivity index (χ0v) is 12.9. The van der Waals surface area contributed by atoms with Crippen LogP contribution in [0.3, 0.4) is 0 Å². The maximum atomic E-state index is 11.8. The average Bonchev–Trinajstić information content (AvgIpc) is 2.45. The van der Waals surface area contributed by atoms with Gasteiger partial charge in [-0.15, -0.1) is 0 Å². The topological polar surface area (TPSA) is 58.4 Å². The largest absolute Gasteiger partial charge is 0.351 e. The van der Waals surface area contributed by atoms with E-state index in [1.807, 2.05) is 19.1 Å². The number of carbonyl (C=O) groups excluding carboxylic acids is 1. The molecule has 1 rings (SSSR count). The Morgan fingerprint density at radius 1 is 1.35 bits per heavy atom. The van der Waals surface area contributed by atoms with Gasteiger partial charge in [0.25, 0.3) is 0 Å². The van der Waals surface area contributed by atoms with Gasteiger partial charge in [0.1, 0.15) is 0 Å². The van der Waals surface area contributed by atoms with E-state index >= 15 is 0 Å². The lowest BCUT2D eigenvalue weighted by Crippen LogP contribution is -2.40. The minimum Gasteiger partial charge on any atom is -0.351 e. The second-order valence-electron chi connectivity index (χ2n) is 5.26. The van der Waals surface area contributed by atoms with Gasteiger partial charge in [-0.05, 0) is 31.1 Å². The minimum absolute atomic E-state index is 0.0667. The van der Waals surface area contributed by atoms with Crippen LogP contribution in [-0.2, 0) is 17.9 Å². The Kier molecular flexibility index (Phi) is 7.26. The van der Waals surface area contributed by atoms with Gasteiger partial charge in [-0.1, -0.05) is 44.5 Å². The van der Waals surface area contributed by atoms with Crippen molar-refractivity contribution in [1.82, 2.24) is 10.2 Å². The van der Waals surface area contributed by atoms with Crippen LogP contribution >= 0.6 is 0 Å². The third-order valence-corrected chi connectivity index (χ3v) is 3.39. The first-order chi connectivity index (χ1) is 9.56. The summed E-state index contributed by atoms with van der Waals surface area (Å²) >= 11 is 0. The third kappa shape index (κ3) is 5.72. The van der Waals surface area contributed by atoms with Gasteiger partial charge in [-0.25, -0.2) is 0 Å². The van der Waals surface area contributed by atoms with Crippen molar-refractivity contribution in [3.8, 4) is 0 Å². The molecule has 0 aliphatic rings. The molecule has 4 nitrogen and oxygen atoms in total. The highest BCUT2D eigenvalue weighted by Gasteiger charge is 2.11. The normalized spacial score (nSPS) is 12.4. The van der Waals surface area contributed by atoms with Crippen LogP contribution < -0.4 is 11.1 Å². The number of nitrogens with one attached hydrogen (secondary N) is 1. The van der Waals surface area contributed by atoms with Crippen molar-refractivity contribution in [3.05, 3.63) is 35.4 Å². The summed E-state index contributed by atoms with van der Waals surface area (Å²) in [5, 5.41) is 2.90. The van der Waals surface area contributed by atoms with Crippen molar-refractivity contribution < 1.29 is 4.79 Å². The number of nitrogens with zero attached hydrogens (tertiary/aromatic N) is 1. The fourth-order valence-electron chi connectivity index (χ4n) is 2.02. The minimum atomic E-state index is -0.394. The van der Waals surface area contributed by atoms with Gasteiger partial charge in [0.2, 0.25) is 5.91 Å². The maximum Gasteiger partial charge on any atom is 0.237 e. The Morgan fingerprint density at radius 3 is 2.70 bits per heavy atom. The molecule has 0 saturated heterocycles. The fourth-order valence-corrected chi connectivity index (χ4v) is 2.02. The summed E-state index contributed by atoms with van der Waals surface area (Å²) in [7, 11) is 2.10. The van der Waals surface area contributed by atoms with E-state index in [2.05, 4.69) is 36.3 Å². The van der Waals surface area contributed by atoms with Gasteiger partial charge in [-0.3, -0.25) is 4.79 Å². The Bertz CT molecular complexity index is 420. The second-order valence-corrected chi connectivity index (χ2v) is 5.26. The molecule has 1 atom stereocenters. The van der Waals surface area contributed by atoms with Gasteiger partial charge >= 0.3 is 0 Å². The van der Waals surface area contributed by atoms with Crippen molar-refractivity contribution >= 4 is 5.91 Å². The lowest BCUT2D eigenvalue weighted by atomic mass is 10.1. The molecule has 112 valence electrons. The van der Waals surface area contributed by atoms with Crippen LogP contribution in [0.15, 0.2) is 24.3 Å². The summed E-state index contributed by atoms with van der Waals surface area (Å²) in [5.41, 5.74) is 8.16. The molecule has 0 aromatic heterocycles. The van der Waals surface area contributed by atoms with E-state index in [0.29, 0.717) is 6.54 Å². The summed E-state index contributed by atoms with van der Waals surface area (Å²) in [6.07, 6.45) is 1.65. The number of hydrogen-bond donors (Lipinski definition) is 2. The lowest BCUT2D eigenvalue weighted by Gasteiger charge is -2.15. The highest BCUT2D eigenvalue weighted by atomic mass is 16.2. The fraction of sp³-hybridized carbons (Fsp3) is 0.562. The van der Waals surface area contributed by atoms with E-state index in [1.54, 1.807) is 0 Å². The van der Waals surface area contributed by atoms with Crippen LogP contribution in [0.25, 0.3) is 0 Å². The van der Waals surface area contributed by atoms with Crippen molar-refractivity contribution in [2.45, 2.75) is 45.8 Å². The molecular weight excluding hydrogens is 250 g/mol. The molecule has 0 heterocycles. The quantitative estimate of drug-likeness (QED) is 0.763. The van der Waals surface area contributed by atoms with E-state index in [0.717, 1.165) is 31.5 Å². The molecule has 0 bridgehead atoms. The molecule has 1 amide bonds. The molecule has 0 spiro atoms. The second kappa shape index (κ2) is 8.72. The Morgan fingerprint density at radius 2 is 2.05 bits per heavy atom. The van der Waals surface area contributed by atoms with Gasteiger partial charge in [0, 0.05) is 13.1 Å². The number of hydrogen-bond acceptors (Lipinski definition) is 3. The predicted molar refractivity (Wildman–Crippen MR) is 83.2 cm³/mol. The average molecular weight is 277 g/mol. The van der Waals surface area contributed by atoms with Crippen LogP contribution in [-0.4, -0.2) is 30.4 Å². The molecule has 0 aliphatic carbocycles. The summed E-state index contributed by atoms with van der Waals surface area (Å²) in [6.45, 7) is 6.65. The van der Waals surface area contributed by atoms with Crippen molar-refractivity contribution in [2.24, 2.45) is 5.73 Å². The summed E-state index contributed by atoms with van der Waals surface area (Å²) in [4.78, 5) is 14.0. The first kappa shape index (κ1) is 16.7. The third-order valence-electron chi connectivity index (χ3n) is 3.39. The zero-order valence-electron chi connectivity index (χ0n) is 12.9. The molecule has 0 aliphatic heterocycles. The summed E-state index contributed by atoms with van der Waals surface area (Å²) in [5.74, 6) is -0.0667. The van der Waals surface area contributed by atoms with E-state index in [1.165, 1.54) is 5.56 Å². The molecule has 0 fully saturated rings. The number of nitrogens with two attached hydrogens (primary N) is 1. The van der Waals surface area contributed by atoms with Crippen LogP contribution in [0, 0.1) is 0 Å². The Labute approximate surface area is 122 Å².